The Morgan fingerprint density at radius 1 is 1.28 bits per heavy atom. The van der Waals surface area contributed by atoms with E-state index in [0.29, 0.717) is 0 Å². The minimum Gasteiger partial charge on any atom is -0.466 e. The summed E-state index contributed by atoms with van der Waals surface area (Å²) in [5.41, 5.74) is 2.54. The summed E-state index contributed by atoms with van der Waals surface area (Å²) in [5.74, 6) is 1.97. The predicted octanol–water partition coefficient (Wildman–Crippen LogP) is 4.16. The Bertz CT molecular complexity index is 533. The van der Waals surface area contributed by atoms with Gasteiger partial charge in [-0.15, -0.1) is 0 Å². The number of rotatable bonds is 4. The number of likely N-dealkylation sites (N-methyl/N-ethyl adjacent to an activating group) is 1. The third kappa shape index (κ3) is 2.85. The maximum Gasteiger partial charge on any atom is 0.105 e. The van der Waals surface area contributed by atoms with Crippen LogP contribution in [0.2, 0.25) is 0 Å². The molecule has 3 heteroatoms. The molecule has 0 radical (unpaired) electrons. The Morgan fingerprint density at radius 3 is 2.56 bits per heavy atom. The summed E-state index contributed by atoms with van der Waals surface area (Å²) >= 11 is 3.60. The van der Waals surface area contributed by atoms with Gasteiger partial charge in [0.05, 0.1) is 0 Å². The first-order valence-electron chi connectivity index (χ1n) is 6.09. The van der Waals surface area contributed by atoms with Crippen molar-refractivity contribution in [3.05, 3.63) is 57.5 Å². The highest BCUT2D eigenvalue weighted by molar-refractivity contribution is 9.10. The first kappa shape index (κ1) is 13.4. The van der Waals surface area contributed by atoms with Crippen LogP contribution in [0.4, 0.5) is 0 Å². The molecule has 1 N–H and O–H groups in total. The van der Waals surface area contributed by atoms with Gasteiger partial charge in [0.2, 0.25) is 0 Å². The van der Waals surface area contributed by atoms with Crippen molar-refractivity contribution in [3.63, 3.8) is 0 Å². The zero-order valence-electron chi connectivity index (χ0n) is 11.0. The second-order valence-electron chi connectivity index (χ2n) is 4.51. The van der Waals surface area contributed by atoms with Crippen molar-refractivity contribution in [2.24, 2.45) is 0 Å². The predicted molar refractivity (Wildman–Crippen MR) is 77.8 cm³/mol. The fourth-order valence-corrected chi connectivity index (χ4v) is 2.69. The van der Waals surface area contributed by atoms with E-state index in [-0.39, 0.29) is 6.04 Å². The summed E-state index contributed by atoms with van der Waals surface area (Å²) in [4.78, 5) is 0. The fourth-order valence-electron chi connectivity index (χ4n) is 2.25. The summed E-state index contributed by atoms with van der Waals surface area (Å²) < 4.78 is 6.77. The van der Waals surface area contributed by atoms with E-state index in [1.54, 1.807) is 0 Å². The van der Waals surface area contributed by atoms with Crippen molar-refractivity contribution in [1.82, 2.24) is 5.32 Å². The molecule has 96 valence electrons. The molecule has 0 saturated heterocycles. The monoisotopic (exact) mass is 307 g/mol. The van der Waals surface area contributed by atoms with Crippen LogP contribution >= 0.6 is 15.9 Å². The van der Waals surface area contributed by atoms with E-state index < -0.39 is 0 Å². The van der Waals surface area contributed by atoms with Gasteiger partial charge in [0.25, 0.3) is 0 Å². The molecule has 0 bridgehead atoms. The highest BCUT2D eigenvalue weighted by Crippen LogP contribution is 2.27. The zero-order valence-corrected chi connectivity index (χ0v) is 12.5. The highest BCUT2D eigenvalue weighted by atomic mass is 79.9. The average molecular weight is 308 g/mol. The Balaban J connectivity index is 2.25. The van der Waals surface area contributed by atoms with Gasteiger partial charge in [0.1, 0.15) is 11.5 Å². The van der Waals surface area contributed by atoms with Crippen molar-refractivity contribution < 1.29 is 4.42 Å². The quantitative estimate of drug-likeness (QED) is 0.917. The molecule has 0 aliphatic rings. The van der Waals surface area contributed by atoms with Gasteiger partial charge in [-0.1, -0.05) is 34.1 Å². The SMILES string of the molecule is CNC(Cc1ccccc1Br)c1cc(C)oc1C. The van der Waals surface area contributed by atoms with E-state index in [1.807, 2.05) is 27.0 Å². The Labute approximate surface area is 117 Å². The van der Waals surface area contributed by atoms with Crippen LogP contribution in [-0.2, 0) is 6.42 Å². The molecule has 0 spiro atoms. The van der Waals surface area contributed by atoms with E-state index in [4.69, 9.17) is 4.42 Å². The molecule has 0 fully saturated rings. The summed E-state index contributed by atoms with van der Waals surface area (Å²) in [7, 11) is 1.99. The van der Waals surface area contributed by atoms with Gasteiger partial charge in [0.15, 0.2) is 0 Å². The van der Waals surface area contributed by atoms with E-state index in [2.05, 4.69) is 45.5 Å². The summed E-state index contributed by atoms with van der Waals surface area (Å²) in [5, 5.41) is 3.37. The van der Waals surface area contributed by atoms with E-state index in [1.165, 1.54) is 11.1 Å². The number of halogens is 1. The summed E-state index contributed by atoms with van der Waals surface area (Å²) in [6, 6.07) is 10.7. The van der Waals surface area contributed by atoms with Gasteiger partial charge in [0, 0.05) is 16.1 Å². The van der Waals surface area contributed by atoms with Crippen LogP contribution in [0, 0.1) is 13.8 Å². The third-order valence-electron chi connectivity index (χ3n) is 3.19. The molecule has 0 amide bonds. The summed E-state index contributed by atoms with van der Waals surface area (Å²) in [6.45, 7) is 4.01. The number of hydrogen-bond acceptors (Lipinski definition) is 2. The molecule has 1 aromatic heterocycles. The molecule has 2 rings (SSSR count). The first-order chi connectivity index (χ1) is 8.61. The molecule has 0 aliphatic carbocycles. The van der Waals surface area contributed by atoms with Crippen LogP contribution in [-0.4, -0.2) is 7.05 Å². The first-order valence-corrected chi connectivity index (χ1v) is 6.88. The largest absolute Gasteiger partial charge is 0.466 e. The summed E-state index contributed by atoms with van der Waals surface area (Å²) in [6.07, 6.45) is 0.942. The highest BCUT2D eigenvalue weighted by Gasteiger charge is 2.16. The topological polar surface area (TPSA) is 25.2 Å². The van der Waals surface area contributed by atoms with Gasteiger partial charge in [-0.05, 0) is 45.0 Å². The third-order valence-corrected chi connectivity index (χ3v) is 3.96. The molecule has 0 aliphatic heterocycles. The lowest BCUT2D eigenvalue weighted by Crippen LogP contribution is -2.19. The molecular formula is C15H18BrNO. The standard InChI is InChI=1S/C15H18BrNO/c1-10-8-13(11(2)18-10)15(17-3)9-12-6-4-5-7-14(12)16/h4-8,15,17H,9H2,1-3H3. The van der Waals surface area contributed by atoms with Gasteiger partial charge in [-0.2, -0.15) is 0 Å². The lowest BCUT2D eigenvalue weighted by molar-refractivity contribution is 0.490. The molecule has 18 heavy (non-hydrogen) atoms. The van der Waals surface area contributed by atoms with E-state index >= 15 is 0 Å². The van der Waals surface area contributed by atoms with Crippen LogP contribution < -0.4 is 5.32 Å². The van der Waals surface area contributed by atoms with Crippen molar-refractivity contribution >= 4 is 15.9 Å². The maximum absolute atomic E-state index is 5.61. The molecule has 1 heterocycles. The van der Waals surface area contributed by atoms with Crippen molar-refractivity contribution in [2.45, 2.75) is 26.3 Å². The van der Waals surface area contributed by atoms with Gasteiger partial charge in [-0.3, -0.25) is 0 Å². The van der Waals surface area contributed by atoms with Crippen LogP contribution in [0.15, 0.2) is 39.2 Å². The van der Waals surface area contributed by atoms with Crippen LogP contribution in [0.25, 0.3) is 0 Å². The van der Waals surface area contributed by atoms with Crippen LogP contribution in [0.3, 0.4) is 0 Å². The van der Waals surface area contributed by atoms with Crippen LogP contribution in [0.5, 0.6) is 0 Å². The molecular weight excluding hydrogens is 290 g/mol. The minimum absolute atomic E-state index is 0.279. The van der Waals surface area contributed by atoms with Crippen LogP contribution in [0.1, 0.15) is 28.7 Å². The second-order valence-corrected chi connectivity index (χ2v) is 5.36. The maximum atomic E-state index is 5.61. The van der Waals surface area contributed by atoms with E-state index in [9.17, 15) is 0 Å². The Morgan fingerprint density at radius 2 is 2.00 bits per heavy atom. The second kappa shape index (κ2) is 5.72. The molecule has 1 unspecified atom stereocenters. The fraction of sp³-hybridized carbons (Fsp3) is 0.333. The molecule has 1 atom stereocenters. The van der Waals surface area contributed by atoms with Gasteiger partial charge in [-0.25, -0.2) is 0 Å². The van der Waals surface area contributed by atoms with Gasteiger partial charge < -0.3 is 9.73 Å². The lowest BCUT2D eigenvalue weighted by Gasteiger charge is -2.16. The van der Waals surface area contributed by atoms with Crippen molar-refractivity contribution in [3.8, 4) is 0 Å². The molecule has 0 saturated carbocycles. The lowest BCUT2D eigenvalue weighted by atomic mass is 9.99. The molecule has 1 aromatic carbocycles. The number of aryl methyl sites for hydroxylation is 2. The van der Waals surface area contributed by atoms with E-state index in [0.717, 1.165) is 22.4 Å². The number of furan rings is 1. The van der Waals surface area contributed by atoms with Gasteiger partial charge >= 0.3 is 0 Å². The zero-order chi connectivity index (χ0) is 13.1. The molecule has 2 aromatic rings. The molecule has 2 nitrogen and oxygen atoms in total. The Kier molecular flexibility index (Phi) is 4.25. The van der Waals surface area contributed by atoms with Crippen molar-refractivity contribution in [1.29, 1.82) is 0 Å². The number of nitrogens with one attached hydrogen (secondary N) is 1. The van der Waals surface area contributed by atoms with Crippen molar-refractivity contribution in [2.75, 3.05) is 7.05 Å². The Hall–Kier alpha value is -1.06. The normalized spacial score (nSPS) is 12.7. The number of hydrogen-bond donors (Lipinski definition) is 1. The number of benzene rings is 1. The minimum atomic E-state index is 0.279. The smallest absolute Gasteiger partial charge is 0.105 e. The average Bonchev–Trinajstić information content (AvgIpc) is 2.67.